The fraction of sp³-hybridized carbons (Fsp3) is 0.385. The van der Waals surface area contributed by atoms with Gasteiger partial charge >= 0.3 is 0 Å². The van der Waals surface area contributed by atoms with Crippen LogP contribution in [0.5, 0.6) is 5.75 Å². The van der Waals surface area contributed by atoms with E-state index in [9.17, 15) is 4.79 Å². The van der Waals surface area contributed by atoms with Crippen LogP contribution in [0.2, 0.25) is 0 Å². The van der Waals surface area contributed by atoms with Crippen molar-refractivity contribution >= 4 is 33.9 Å². The van der Waals surface area contributed by atoms with Gasteiger partial charge in [0.05, 0.1) is 32.6 Å². The number of pyridine rings is 1. The van der Waals surface area contributed by atoms with Crippen molar-refractivity contribution in [3.8, 4) is 5.75 Å². The molecule has 0 radical (unpaired) electrons. The zero-order valence-electron chi connectivity index (χ0n) is 20.0. The van der Waals surface area contributed by atoms with Crippen LogP contribution in [-0.4, -0.2) is 66.4 Å². The second-order valence-electron chi connectivity index (χ2n) is 8.67. The van der Waals surface area contributed by atoms with E-state index in [0.29, 0.717) is 29.5 Å². The summed E-state index contributed by atoms with van der Waals surface area (Å²) in [5.41, 5.74) is 4.52. The van der Waals surface area contributed by atoms with Crippen molar-refractivity contribution in [2.75, 3.05) is 51.8 Å². The average Bonchev–Trinajstić information content (AvgIpc) is 2.83. The number of H-pyrrole nitrogens is 1. The molecule has 34 heavy (non-hydrogen) atoms. The third kappa shape index (κ3) is 5.75. The highest BCUT2D eigenvalue weighted by Crippen LogP contribution is 2.24. The maximum Gasteiger partial charge on any atom is 0.253 e. The molecule has 0 aliphatic carbocycles. The van der Waals surface area contributed by atoms with E-state index in [4.69, 9.17) is 21.7 Å². The molecule has 8 heteroatoms. The number of nitrogens with zero attached hydrogens (tertiary/aromatic N) is 2. The Kier molecular flexibility index (Phi) is 7.82. The molecule has 2 N–H and O–H groups in total. The topological polar surface area (TPSA) is 69.8 Å². The number of thiocarbonyl (C=S) groups is 1. The van der Waals surface area contributed by atoms with Gasteiger partial charge < -0.3 is 24.7 Å². The van der Waals surface area contributed by atoms with Crippen LogP contribution in [0.4, 0.5) is 5.69 Å². The number of hydrogen-bond acceptors (Lipinski definition) is 5. The number of aromatic amines is 1. The van der Waals surface area contributed by atoms with Gasteiger partial charge in [0.15, 0.2) is 5.11 Å². The number of anilines is 1. The number of rotatable bonds is 7. The van der Waals surface area contributed by atoms with E-state index in [1.807, 2.05) is 43.3 Å². The Balaban J connectivity index is 1.60. The van der Waals surface area contributed by atoms with E-state index in [1.165, 1.54) is 0 Å². The van der Waals surface area contributed by atoms with Gasteiger partial charge in [0.1, 0.15) is 5.75 Å². The zero-order chi connectivity index (χ0) is 24.1. The summed E-state index contributed by atoms with van der Waals surface area (Å²) in [6.07, 6.45) is 0. The van der Waals surface area contributed by atoms with Crippen molar-refractivity contribution in [2.24, 2.45) is 0 Å². The van der Waals surface area contributed by atoms with Gasteiger partial charge in [-0.3, -0.25) is 9.69 Å². The van der Waals surface area contributed by atoms with Gasteiger partial charge in [0.25, 0.3) is 5.56 Å². The summed E-state index contributed by atoms with van der Waals surface area (Å²) in [5.74, 6) is 0.715. The third-order valence-corrected chi connectivity index (χ3v) is 6.54. The van der Waals surface area contributed by atoms with Gasteiger partial charge in [-0.15, -0.1) is 0 Å². The van der Waals surface area contributed by atoms with E-state index in [2.05, 4.69) is 33.1 Å². The number of ether oxygens (including phenoxy) is 2. The number of hydrogen-bond donors (Lipinski definition) is 2. The first-order chi connectivity index (χ1) is 16.4. The minimum absolute atomic E-state index is 0.0889. The fourth-order valence-electron chi connectivity index (χ4n) is 4.32. The third-order valence-electron chi connectivity index (χ3n) is 6.18. The minimum Gasteiger partial charge on any atom is -0.495 e. The molecule has 1 aliphatic heterocycles. The summed E-state index contributed by atoms with van der Waals surface area (Å²) < 4.78 is 10.9. The monoisotopic (exact) mass is 480 g/mol. The second kappa shape index (κ2) is 11.0. The number of nitrogens with one attached hydrogen (secondary N) is 2. The first kappa shape index (κ1) is 24.2. The maximum atomic E-state index is 13.0. The SMILES string of the molecule is COc1ccccc1NC(=S)N(CCN1CCOCC1)Cc1cc2c(C)cc(C)cc2[nH]c1=O. The van der Waals surface area contributed by atoms with Crippen molar-refractivity contribution in [3.05, 3.63) is 69.5 Å². The van der Waals surface area contributed by atoms with Crippen LogP contribution in [0.25, 0.3) is 10.9 Å². The molecule has 3 aromatic rings. The predicted molar refractivity (Wildman–Crippen MR) is 141 cm³/mol. The quantitative estimate of drug-likeness (QED) is 0.500. The number of morpholine rings is 1. The lowest BCUT2D eigenvalue weighted by molar-refractivity contribution is 0.0358. The Morgan fingerprint density at radius 1 is 1.21 bits per heavy atom. The Morgan fingerprint density at radius 2 is 1.97 bits per heavy atom. The molecule has 0 bridgehead atoms. The van der Waals surface area contributed by atoms with Crippen LogP contribution < -0.4 is 15.6 Å². The summed E-state index contributed by atoms with van der Waals surface area (Å²) in [5, 5.41) is 4.93. The molecule has 0 unspecified atom stereocenters. The van der Waals surface area contributed by atoms with Crippen molar-refractivity contribution in [2.45, 2.75) is 20.4 Å². The Labute approximate surface area is 205 Å². The highest BCUT2D eigenvalue weighted by atomic mass is 32.1. The Hall–Kier alpha value is -2.94. The van der Waals surface area contributed by atoms with Crippen LogP contribution in [0.3, 0.4) is 0 Å². The second-order valence-corrected chi connectivity index (χ2v) is 9.06. The van der Waals surface area contributed by atoms with E-state index < -0.39 is 0 Å². The molecule has 1 fully saturated rings. The van der Waals surface area contributed by atoms with Crippen LogP contribution in [-0.2, 0) is 11.3 Å². The smallest absolute Gasteiger partial charge is 0.253 e. The highest BCUT2D eigenvalue weighted by molar-refractivity contribution is 7.80. The van der Waals surface area contributed by atoms with Crippen molar-refractivity contribution in [1.29, 1.82) is 0 Å². The van der Waals surface area contributed by atoms with Crippen molar-refractivity contribution in [1.82, 2.24) is 14.8 Å². The van der Waals surface area contributed by atoms with E-state index >= 15 is 0 Å². The molecule has 0 spiro atoms. The average molecular weight is 481 g/mol. The summed E-state index contributed by atoms with van der Waals surface area (Å²) in [7, 11) is 1.64. The maximum absolute atomic E-state index is 13.0. The minimum atomic E-state index is -0.0889. The van der Waals surface area contributed by atoms with E-state index in [0.717, 1.165) is 60.6 Å². The summed E-state index contributed by atoms with van der Waals surface area (Å²) in [4.78, 5) is 20.5. The number of benzene rings is 2. The normalized spacial score (nSPS) is 14.2. The van der Waals surface area contributed by atoms with Crippen LogP contribution in [0, 0.1) is 13.8 Å². The van der Waals surface area contributed by atoms with Crippen molar-refractivity contribution in [3.63, 3.8) is 0 Å². The summed E-state index contributed by atoms with van der Waals surface area (Å²) in [6, 6.07) is 13.8. The standard InChI is InChI=1S/C26H32N4O3S/c1-18-14-19(2)21-16-20(25(31)27-23(21)15-18)17-30(9-8-29-10-12-33-13-11-29)26(34)28-22-6-4-5-7-24(22)32-3/h4-7,14-16H,8-13,17H2,1-3H3,(H,27,31)(H,28,34). The lowest BCUT2D eigenvalue weighted by Crippen LogP contribution is -2.44. The van der Waals surface area contributed by atoms with Gasteiger partial charge in [0, 0.05) is 42.6 Å². The van der Waals surface area contributed by atoms with Crippen LogP contribution >= 0.6 is 12.2 Å². The summed E-state index contributed by atoms with van der Waals surface area (Å²) >= 11 is 5.82. The van der Waals surface area contributed by atoms with Crippen LogP contribution in [0.15, 0.2) is 47.3 Å². The molecule has 0 amide bonds. The summed E-state index contributed by atoms with van der Waals surface area (Å²) in [6.45, 7) is 9.32. The first-order valence-electron chi connectivity index (χ1n) is 11.6. The number of fused-ring (bicyclic) bond motifs is 1. The number of para-hydroxylation sites is 2. The molecule has 0 atom stereocenters. The molecule has 7 nitrogen and oxygen atoms in total. The van der Waals surface area contributed by atoms with Crippen molar-refractivity contribution < 1.29 is 9.47 Å². The van der Waals surface area contributed by atoms with Crippen LogP contribution in [0.1, 0.15) is 16.7 Å². The molecule has 180 valence electrons. The van der Waals surface area contributed by atoms with E-state index in [-0.39, 0.29) is 5.56 Å². The number of methoxy groups -OCH3 is 1. The number of aromatic nitrogens is 1. The van der Waals surface area contributed by atoms with Gasteiger partial charge in [-0.25, -0.2) is 0 Å². The highest BCUT2D eigenvalue weighted by Gasteiger charge is 2.18. The molecule has 4 rings (SSSR count). The largest absolute Gasteiger partial charge is 0.495 e. The fourth-order valence-corrected chi connectivity index (χ4v) is 4.59. The Morgan fingerprint density at radius 3 is 2.74 bits per heavy atom. The van der Waals surface area contributed by atoms with Gasteiger partial charge in [-0.05, 0) is 61.5 Å². The molecule has 2 heterocycles. The van der Waals surface area contributed by atoms with Gasteiger partial charge in [-0.2, -0.15) is 0 Å². The van der Waals surface area contributed by atoms with Gasteiger partial charge in [0.2, 0.25) is 0 Å². The molecular weight excluding hydrogens is 448 g/mol. The Bertz CT molecular complexity index is 1220. The molecule has 1 saturated heterocycles. The number of aryl methyl sites for hydroxylation is 2. The lowest BCUT2D eigenvalue weighted by Gasteiger charge is -2.31. The first-order valence-corrected chi connectivity index (χ1v) is 12.0. The molecule has 1 aliphatic rings. The molecule has 0 saturated carbocycles. The predicted octanol–water partition coefficient (Wildman–Crippen LogP) is 3.68. The molecular formula is C26H32N4O3S. The molecule has 1 aromatic heterocycles. The lowest BCUT2D eigenvalue weighted by atomic mass is 10.0. The zero-order valence-corrected chi connectivity index (χ0v) is 20.8. The van der Waals surface area contributed by atoms with E-state index in [1.54, 1.807) is 7.11 Å². The molecule has 2 aromatic carbocycles. The van der Waals surface area contributed by atoms with Gasteiger partial charge in [-0.1, -0.05) is 18.2 Å².